The average molecular weight is 553 g/mol. The van der Waals surface area contributed by atoms with Crippen molar-refractivity contribution < 1.29 is 28.7 Å². The summed E-state index contributed by atoms with van der Waals surface area (Å²) in [5.74, 6) is -0.800. The number of carbonyl (C=O) groups is 4. The molecule has 0 aliphatic carbocycles. The van der Waals surface area contributed by atoms with Crippen LogP contribution in [0.3, 0.4) is 0 Å². The standard InChI is InChI=1S/C33H32N2O6/c36-30(34-28(22-40-32(34)38)20-25-13-6-2-7-14-25)18-10-17-27(19-24-11-4-1-5-12-24)31(37)35-29(23-41-33(35)39)21-26-15-8-3-9-16-26/h1-9,11-17,28-29H,10,18-23H2/t28-,29-/m0/s1. The van der Waals surface area contributed by atoms with Crippen molar-refractivity contribution in [3.8, 4) is 0 Å². The number of allylic oxidation sites excluding steroid dienone is 1. The lowest BCUT2D eigenvalue weighted by Gasteiger charge is -2.22. The Kier molecular flexibility index (Phi) is 8.89. The first-order valence-electron chi connectivity index (χ1n) is 13.8. The molecular formula is C33H32N2O6. The number of nitrogens with zero attached hydrogens (tertiary/aromatic N) is 2. The molecule has 0 spiro atoms. The molecule has 5 rings (SSSR count). The SMILES string of the molecule is O=C(CCC=C(Cc1ccccc1)C(=O)N1C(=O)OC[C@@H]1Cc1ccccc1)N1C(=O)OC[C@@H]1Cc1ccccc1. The molecule has 8 heteroatoms. The van der Waals surface area contributed by atoms with Gasteiger partial charge in [-0.15, -0.1) is 0 Å². The van der Waals surface area contributed by atoms with Crippen LogP contribution in [-0.2, 0) is 38.3 Å². The number of benzene rings is 3. The van der Waals surface area contributed by atoms with Crippen molar-refractivity contribution in [3.05, 3.63) is 119 Å². The predicted molar refractivity (Wildman–Crippen MR) is 152 cm³/mol. The van der Waals surface area contributed by atoms with Crippen molar-refractivity contribution in [3.63, 3.8) is 0 Å². The van der Waals surface area contributed by atoms with Crippen molar-refractivity contribution in [1.82, 2.24) is 9.80 Å². The number of ether oxygens (including phenoxy) is 2. The summed E-state index contributed by atoms with van der Waals surface area (Å²) in [7, 11) is 0. The maximum Gasteiger partial charge on any atom is 0.417 e. The summed E-state index contributed by atoms with van der Waals surface area (Å²) in [6.07, 6.45) is 1.90. The first-order chi connectivity index (χ1) is 20.0. The maximum absolute atomic E-state index is 13.8. The molecule has 0 N–H and O–H groups in total. The molecule has 2 fully saturated rings. The second-order valence-corrected chi connectivity index (χ2v) is 10.2. The van der Waals surface area contributed by atoms with Gasteiger partial charge >= 0.3 is 12.2 Å². The lowest BCUT2D eigenvalue weighted by Crippen LogP contribution is -2.41. The molecular weight excluding hydrogens is 520 g/mol. The first-order valence-corrected chi connectivity index (χ1v) is 13.8. The summed E-state index contributed by atoms with van der Waals surface area (Å²) in [5.41, 5.74) is 3.30. The van der Waals surface area contributed by atoms with E-state index < -0.39 is 24.1 Å². The minimum absolute atomic E-state index is 0.0177. The third-order valence-corrected chi connectivity index (χ3v) is 7.30. The van der Waals surface area contributed by atoms with E-state index >= 15 is 0 Å². The number of cyclic esters (lactones) is 2. The van der Waals surface area contributed by atoms with Gasteiger partial charge in [0.2, 0.25) is 5.91 Å². The second-order valence-electron chi connectivity index (χ2n) is 10.2. The summed E-state index contributed by atoms with van der Waals surface area (Å²) in [4.78, 5) is 54.4. The van der Waals surface area contributed by atoms with Crippen LogP contribution in [0.1, 0.15) is 29.5 Å². The quantitative estimate of drug-likeness (QED) is 0.324. The Morgan fingerprint density at radius 1 is 0.683 bits per heavy atom. The maximum atomic E-state index is 13.8. The molecule has 3 aromatic carbocycles. The molecule has 2 aliphatic heterocycles. The van der Waals surface area contributed by atoms with Gasteiger partial charge in [0.1, 0.15) is 13.2 Å². The van der Waals surface area contributed by atoms with Crippen LogP contribution in [0.5, 0.6) is 0 Å². The van der Waals surface area contributed by atoms with Crippen molar-refractivity contribution in [2.75, 3.05) is 13.2 Å². The molecule has 0 saturated carbocycles. The Morgan fingerprint density at radius 2 is 1.15 bits per heavy atom. The molecule has 0 unspecified atom stereocenters. The molecule has 210 valence electrons. The number of hydrogen-bond acceptors (Lipinski definition) is 6. The van der Waals surface area contributed by atoms with Gasteiger partial charge in [0, 0.05) is 18.4 Å². The van der Waals surface area contributed by atoms with Crippen LogP contribution >= 0.6 is 0 Å². The highest BCUT2D eigenvalue weighted by Gasteiger charge is 2.40. The molecule has 0 bridgehead atoms. The van der Waals surface area contributed by atoms with Crippen LogP contribution in [0.15, 0.2) is 103 Å². The molecule has 0 aromatic heterocycles. The normalized spacial score (nSPS) is 18.8. The molecule has 41 heavy (non-hydrogen) atoms. The van der Waals surface area contributed by atoms with Crippen molar-refractivity contribution in [1.29, 1.82) is 0 Å². The van der Waals surface area contributed by atoms with Crippen LogP contribution in [0.4, 0.5) is 9.59 Å². The summed E-state index contributed by atoms with van der Waals surface area (Å²) in [6, 6.07) is 27.9. The van der Waals surface area contributed by atoms with Gasteiger partial charge in [-0.3, -0.25) is 9.59 Å². The molecule has 2 heterocycles. The molecule has 3 aromatic rings. The Labute approximate surface area is 239 Å². The van der Waals surface area contributed by atoms with E-state index in [1.165, 1.54) is 9.80 Å². The predicted octanol–water partition coefficient (Wildman–Crippen LogP) is 5.12. The third kappa shape index (κ3) is 6.90. The van der Waals surface area contributed by atoms with E-state index in [2.05, 4.69) is 0 Å². The lowest BCUT2D eigenvalue weighted by atomic mass is 10.00. The van der Waals surface area contributed by atoms with Gasteiger partial charge in [-0.25, -0.2) is 19.4 Å². The average Bonchev–Trinajstić information content (AvgIpc) is 3.54. The summed E-state index contributed by atoms with van der Waals surface area (Å²) < 4.78 is 10.5. The molecule has 8 nitrogen and oxygen atoms in total. The molecule has 4 amide bonds. The topological polar surface area (TPSA) is 93.2 Å². The highest BCUT2D eigenvalue weighted by molar-refractivity contribution is 6.03. The number of rotatable bonds is 10. The van der Waals surface area contributed by atoms with E-state index in [0.717, 1.165) is 16.7 Å². The lowest BCUT2D eigenvalue weighted by molar-refractivity contribution is -0.129. The Morgan fingerprint density at radius 3 is 1.68 bits per heavy atom. The highest BCUT2D eigenvalue weighted by Crippen LogP contribution is 2.23. The Hall–Kier alpha value is -4.72. The minimum Gasteiger partial charge on any atom is -0.447 e. The smallest absolute Gasteiger partial charge is 0.417 e. The van der Waals surface area contributed by atoms with Crippen molar-refractivity contribution in [2.24, 2.45) is 0 Å². The van der Waals surface area contributed by atoms with E-state index in [1.807, 2.05) is 91.0 Å². The van der Waals surface area contributed by atoms with Crippen LogP contribution in [0.25, 0.3) is 0 Å². The van der Waals surface area contributed by atoms with Crippen LogP contribution < -0.4 is 0 Å². The Bertz CT molecular complexity index is 1410. The minimum atomic E-state index is -0.672. The van der Waals surface area contributed by atoms with Gasteiger partial charge in [-0.2, -0.15) is 0 Å². The second kappa shape index (κ2) is 13.1. The van der Waals surface area contributed by atoms with E-state index in [9.17, 15) is 19.2 Å². The fourth-order valence-corrected chi connectivity index (χ4v) is 5.24. The van der Waals surface area contributed by atoms with Gasteiger partial charge in [0.25, 0.3) is 5.91 Å². The van der Waals surface area contributed by atoms with Crippen LogP contribution in [0.2, 0.25) is 0 Å². The van der Waals surface area contributed by atoms with Crippen LogP contribution in [0, 0.1) is 0 Å². The number of amides is 4. The molecule has 2 saturated heterocycles. The van der Waals surface area contributed by atoms with Crippen molar-refractivity contribution in [2.45, 2.75) is 44.2 Å². The monoisotopic (exact) mass is 552 g/mol. The number of imide groups is 2. The zero-order valence-corrected chi connectivity index (χ0v) is 22.7. The number of hydrogen-bond donors (Lipinski definition) is 0. The van der Waals surface area contributed by atoms with E-state index in [1.54, 1.807) is 6.08 Å². The first kappa shape index (κ1) is 27.8. The summed E-state index contributed by atoms with van der Waals surface area (Å²) >= 11 is 0. The molecule has 0 radical (unpaired) electrons. The summed E-state index contributed by atoms with van der Waals surface area (Å²) in [5, 5.41) is 0. The highest BCUT2D eigenvalue weighted by atomic mass is 16.6. The van der Waals surface area contributed by atoms with E-state index in [4.69, 9.17) is 9.47 Å². The summed E-state index contributed by atoms with van der Waals surface area (Å²) in [6.45, 7) is 0.267. The van der Waals surface area contributed by atoms with Gasteiger partial charge in [0.15, 0.2) is 0 Å². The van der Waals surface area contributed by atoms with Gasteiger partial charge in [-0.05, 0) is 36.0 Å². The van der Waals surface area contributed by atoms with E-state index in [0.29, 0.717) is 18.4 Å². The van der Waals surface area contributed by atoms with Gasteiger partial charge in [0.05, 0.1) is 12.1 Å². The largest absolute Gasteiger partial charge is 0.447 e. The zero-order valence-electron chi connectivity index (χ0n) is 22.7. The molecule has 2 aliphatic rings. The fraction of sp³-hybridized carbons (Fsp3) is 0.273. The number of carbonyl (C=O) groups excluding carboxylic acids is 4. The third-order valence-electron chi connectivity index (χ3n) is 7.30. The van der Waals surface area contributed by atoms with Crippen LogP contribution in [-0.4, -0.2) is 59.1 Å². The Balaban J connectivity index is 1.30. The van der Waals surface area contributed by atoms with Gasteiger partial charge in [-0.1, -0.05) is 97.1 Å². The molecule has 2 atom stereocenters. The van der Waals surface area contributed by atoms with Crippen molar-refractivity contribution >= 4 is 24.0 Å². The van der Waals surface area contributed by atoms with Gasteiger partial charge < -0.3 is 9.47 Å². The van der Waals surface area contributed by atoms with E-state index in [-0.39, 0.29) is 44.4 Å². The zero-order chi connectivity index (χ0) is 28.6. The fourth-order valence-electron chi connectivity index (χ4n) is 5.24.